The second kappa shape index (κ2) is 6.91. The molecule has 1 aromatic rings. The molecule has 0 bridgehead atoms. The van der Waals surface area contributed by atoms with Crippen LogP contribution in [0.15, 0.2) is 24.3 Å². The van der Waals surface area contributed by atoms with Crippen molar-refractivity contribution in [1.29, 1.82) is 0 Å². The van der Waals surface area contributed by atoms with Gasteiger partial charge in [-0.15, -0.1) is 0 Å². The topological polar surface area (TPSA) is 35.2 Å². The van der Waals surface area contributed by atoms with Crippen LogP contribution in [-0.4, -0.2) is 13.7 Å². The van der Waals surface area contributed by atoms with Gasteiger partial charge in [-0.2, -0.15) is 0 Å². The monoisotopic (exact) mass is 247 g/mol. The van der Waals surface area contributed by atoms with Gasteiger partial charge in [0, 0.05) is 13.2 Å². The molecule has 2 heteroatoms. The smallest absolute Gasteiger partial charge is 0.0502 e. The predicted molar refractivity (Wildman–Crippen MR) is 75.5 cm³/mol. The standard InChI is InChI=1S/C16H25NO/c1-18-12-11-13-7-9-15(10-8-13)16(17)14-5-3-2-4-6-14/h7-10,14,16H,2-6,11-12,17H2,1H3. The Labute approximate surface area is 111 Å². The van der Waals surface area contributed by atoms with Gasteiger partial charge in [-0.3, -0.25) is 0 Å². The van der Waals surface area contributed by atoms with Crippen LogP contribution in [-0.2, 0) is 11.2 Å². The normalized spacial score (nSPS) is 18.8. The summed E-state index contributed by atoms with van der Waals surface area (Å²) in [4.78, 5) is 0. The van der Waals surface area contributed by atoms with Crippen LogP contribution in [0.1, 0.15) is 49.3 Å². The van der Waals surface area contributed by atoms with Crippen molar-refractivity contribution >= 4 is 0 Å². The van der Waals surface area contributed by atoms with Gasteiger partial charge in [-0.1, -0.05) is 43.5 Å². The SMILES string of the molecule is COCCc1ccc(C(N)C2CCCCC2)cc1. The molecule has 0 saturated heterocycles. The lowest BCUT2D eigenvalue weighted by Gasteiger charge is -2.27. The molecule has 1 fully saturated rings. The van der Waals surface area contributed by atoms with E-state index in [0.717, 1.165) is 13.0 Å². The molecule has 0 heterocycles. The molecule has 0 aliphatic heterocycles. The Morgan fingerprint density at radius 1 is 1.17 bits per heavy atom. The highest BCUT2D eigenvalue weighted by Gasteiger charge is 2.21. The summed E-state index contributed by atoms with van der Waals surface area (Å²) in [6.45, 7) is 0.786. The summed E-state index contributed by atoms with van der Waals surface area (Å²) >= 11 is 0. The molecule has 1 aliphatic carbocycles. The predicted octanol–water partition coefficient (Wildman–Crippen LogP) is 3.46. The van der Waals surface area contributed by atoms with Crippen LogP contribution >= 0.6 is 0 Å². The second-order valence-electron chi connectivity index (χ2n) is 5.41. The van der Waals surface area contributed by atoms with Gasteiger partial charge >= 0.3 is 0 Å². The number of methoxy groups -OCH3 is 1. The van der Waals surface area contributed by atoms with Crippen molar-refractivity contribution < 1.29 is 4.74 Å². The summed E-state index contributed by atoms with van der Waals surface area (Å²) < 4.78 is 5.09. The van der Waals surface area contributed by atoms with Crippen LogP contribution in [0.4, 0.5) is 0 Å². The van der Waals surface area contributed by atoms with E-state index in [1.54, 1.807) is 7.11 Å². The molecule has 1 atom stereocenters. The van der Waals surface area contributed by atoms with Crippen molar-refractivity contribution in [2.45, 2.75) is 44.6 Å². The van der Waals surface area contributed by atoms with E-state index in [9.17, 15) is 0 Å². The number of hydrogen-bond acceptors (Lipinski definition) is 2. The highest BCUT2D eigenvalue weighted by Crippen LogP contribution is 2.32. The van der Waals surface area contributed by atoms with Gasteiger partial charge in [0.15, 0.2) is 0 Å². The van der Waals surface area contributed by atoms with E-state index in [1.165, 1.54) is 43.2 Å². The molecule has 0 amide bonds. The molecule has 1 unspecified atom stereocenters. The van der Waals surface area contributed by atoms with E-state index >= 15 is 0 Å². The van der Waals surface area contributed by atoms with Gasteiger partial charge in [-0.25, -0.2) is 0 Å². The first-order valence-electron chi connectivity index (χ1n) is 7.14. The Morgan fingerprint density at radius 3 is 2.44 bits per heavy atom. The van der Waals surface area contributed by atoms with E-state index in [4.69, 9.17) is 10.5 Å². The molecule has 18 heavy (non-hydrogen) atoms. The van der Waals surface area contributed by atoms with Crippen LogP contribution in [0.2, 0.25) is 0 Å². The summed E-state index contributed by atoms with van der Waals surface area (Å²) in [7, 11) is 1.74. The third-order valence-electron chi connectivity index (χ3n) is 4.12. The average Bonchev–Trinajstić information content (AvgIpc) is 2.46. The first-order chi connectivity index (χ1) is 8.81. The van der Waals surface area contributed by atoms with Crippen LogP contribution < -0.4 is 5.73 Å². The van der Waals surface area contributed by atoms with Crippen molar-refractivity contribution in [3.8, 4) is 0 Å². The van der Waals surface area contributed by atoms with E-state index < -0.39 is 0 Å². The van der Waals surface area contributed by atoms with Gasteiger partial charge in [-0.05, 0) is 36.3 Å². The van der Waals surface area contributed by atoms with Crippen molar-refractivity contribution in [1.82, 2.24) is 0 Å². The molecule has 2 rings (SSSR count). The highest BCUT2D eigenvalue weighted by molar-refractivity contribution is 5.25. The molecule has 2 N–H and O–H groups in total. The lowest BCUT2D eigenvalue weighted by molar-refractivity contribution is 0.202. The van der Waals surface area contributed by atoms with Crippen LogP contribution in [0.3, 0.4) is 0 Å². The van der Waals surface area contributed by atoms with Crippen LogP contribution in [0.5, 0.6) is 0 Å². The van der Waals surface area contributed by atoms with E-state index in [1.807, 2.05) is 0 Å². The number of rotatable bonds is 5. The molecule has 2 nitrogen and oxygen atoms in total. The molecule has 0 aromatic heterocycles. The molecule has 100 valence electrons. The Kier molecular flexibility index (Phi) is 5.21. The number of benzene rings is 1. The lowest BCUT2D eigenvalue weighted by atomic mass is 9.81. The largest absolute Gasteiger partial charge is 0.384 e. The van der Waals surface area contributed by atoms with Crippen LogP contribution in [0, 0.1) is 5.92 Å². The van der Waals surface area contributed by atoms with Gasteiger partial charge in [0.2, 0.25) is 0 Å². The van der Waals surface area contributed by atoms with Gasteiger partial charge in [0.05, 0.1) is 6.61 Å². The summed E-state index contributed by atoms with van der Waals surface area (Å²) in [6.07, 6.45) is 7.67. The zero-order valence-electron chi connectivity index (χ0n) is 11.4. The second-order valence-corrected chi connectivity index (χ2v) is 5.41. The van der Waals surface area contributed by atoms with Crippen molar-refractivity contribution in [3.63, 3.8) is 0 Å². The molecular weight excluding hydrogens is 222 g/mol. The zero-order chi connectivity index (χ0) is 12.8. The zero-order valence-corrected chi connectivity index (χ0v) is 11.4. The van der Waals surface area contributed by atoms with Crippen molar-refractivity contribution in [2.24, 2.45) is 11.7 Å². The minimum atomic E-state index is 0.224. The third kappa shape index (κ3) is 3.56. The fraction of sp³-hybridized carbons (Fsp3) is 0.625. The Bertz CT molecular complexity index is 341. The quantitative estimate of drug-likeness (QED) is 0.865. The van der Waals surface area contributed by atoms with Crippen LogP contribution in [0.25, 0.3) is 0 Å². The summed E-state index contributed by atoms with van der Waals surface area (Å²) in [6, 6.07) is 9.00. The van der Waals surface area contributed by atoms with Crippen molar-refractivity contribution in [2.75, 3.05) is 13.7 Å². The van der Waals surface area contributed by atoms with E-state index in [2.05, 4.69) is 24.3 Å². The number of ether oxygens (including phenoxy) is 1. The first kappa shape index (κ1) is 13.6. The first-order valence-corrected chi connectivity index (χ1v) is 7.14. The minimum absolute atomic E-state index is 0.224. The summed E-state index contributed by atoms with van der Waals surface area (Å²) in [5.41, 5.74) is 9.02. The maximum atomic E-state index is 6.40. The maximum absolute atomic E-state index is 6.40. The highest BCUT2D eigenvalue weighted by atomic mass is 16.5. The Morgan fingerprint density at radius 2 is 1.83 bits per heavy atom. The third-order valence-corrected chi connectivity index (χ3v) is 4.12. The molecular formula is C16H25NO. The molecule has 0 radical (unpaired) electrons. The van der Waals surface area contributed by atoms with Gasteiger partial charge in [0.1, 0.15) is 0 Å². The summed E-state index contributed by atoms with van der Waals surface area (Å²) in [5.74, 6) is 0.684. The fourth-order valence-corrected chi connectivity index (χ4v) is 2.89. The van der Waals surface area contributed by atoms with Gasteiger partial charge in [0.25, 0.3) is 0 Å². The maximum Gasteiger partial charge on any atom is 0.0502 e. The summed E-state index contributed by atoms with van der Waals surface area (Å²) in [5, 5.41) is 0. The number of nitrogens with two attached hydrogens (primary N) is 1. The molecule has 1 aromatic carbocycles. The van der Waals surface area contributed by atoms with E-state index in [-0.39, 0.29) is 6.04 Å². The number of hydrogen-bond donors (Lipinski definition) is 1. The molecule has 0 spiro atoms. The van der Waals surface area contributed by atoms with E-state index in [0.29, 0.717) is 5.92 Å². The Hall–Kier alpha value is -0.860. The van der Waals surface area contributed by atoms with Crippen molar-refractivity contribution in [3.05, 3.63) is 35.4 Å². The Balaban J connectivity index is 1.95. The molecule has 1 saturated carbocycles. The van der Waals surface area contributed by atoms with Gasteiger partial charge < -0.3 is 10.5 Å². The fourth-order valence-electron chi connectivity index (χ4n) is 2.89. The molecule has 1 aliphatic rings. The lowest BCUT2D eigenvalue weighted by Crippen LogP contribution is -2.23. The minimum Gasteiger partial charge on any atom is -0.384 e. The average molecular weight is 247 g/mol.